The zero-order valence-electron chi connectivity index (χ0n) is 12.2. The Bertz CT molecular complexity index is 474. The molecule has 104 valence electrons. The van der Waals surface area contributed by atoms with Gasteiger partial charge < -0.3 is 10.6 Å². The van der Waals surface area contributed by atoms with E-state index in [1.807, 2.05) is 7.05 Å². The van der Waals surface area contributed by atoms with E-state index in [0.29, 0.717) is 6.42 Å². The number of benzene rings is 1. The molecule has 0 aromatic heterocycles. The molecule has 19 heavy (non-hydrogen) atoms. The van der Waals surface area contributed by atoms with E-state index in [2.05, 4.69) is 32.0 Å². The Hall–Kier alpha value is -1.35. The molecule has 2 N–H and O–H groups in total. The van der Waals surface area contributed by atoms with Gasteiger partial charge in [0.2, 0.25) is 5.91 Å². The summed E-state index contributed by atoms with van der Waals surface area (Å²) in [5.74, 6) is 0.213. The molecule has 0 saturated carbocycles. The van der Waals surface area contributed by atoms with Crippen LogP contribution < -0.4 is 10.6 Å². The number of carbonyl (C=O) groups is 1. The second-order valence-electron chi connectivity index (χ2n) is 6.26. The van der Waals surface area contributed by atoms with Crippen molar-refractivity contribution in [1.29, 1.82) is 0 Å². The van der Waals surface area contributed by atoms with Crippen molar-refractivity contribution < 1.29 is 4.79 Å². The second-order valence-corrected chi connectivity index (χ2v) is 6.26. The van der Waals surface area contributed by atoms with Crippen LogP contribution in [0.4, 0.5) is 5.69 Å². The third-order valence-corrected chi connectivity index (χ3v) is 3.77. The van der Waals surface area contributed by atoms with Gasteiger partial charge in [-0.2, -0.15) is 0 Å². The molecule has 1 aromatic carbocycles. The van der Waals surface area contributed by atoms with Gasteiger partial charge in [-0.3, -0.25) is 4.79 Å². The lowest BCUT2D eigenvalue weighted by atomic mass is 9.94. The first-order valence-electron chi connectivity index (χ1n) is 7.04. The second kappa shape index (κ2) is 5.33. The van der Waals surface area contributed by atoms with Crippen molar-refractivity contribution in [3.05, 3.63) is 29.3 Å². The van der Waals surface area contributed by atoms with Crippen LogP contribution in [0.2, 0.25) is 0 Å². The molecule has 0 saturated heterocycles. The van der Waals surface area contributed by atoms with Gasteiger partial charge in [-0.05, 0) is 56.7 Å². The smallest absolute Gasteiger partial charge is 0.227 e. The van der Waals surface area contributed by atoms with Gasteiger partial charge in [0.05, 0.1) is 0 Å². The largest absolute Gasteiger partial charge is 0.326 e. The Morgan fingerprint density at radius 3 is 2.74 bits per heavy atom. The van der Waals surface area contributed by atoms with Crippen LogP contribution in [-0.2, 0) is 17.6 Å². The van der Waals surface area contributed by atoms with E-state index in [0.717, 1.165) is 31.4 Å². The highest BCUT2D eigenvalue weighted by molar-refractivity contribution is 5.95. The van der Waals surface area contributed by atoms with Crippen molar-refractivity contribution in [1.82, 2.24) is 0 Å². The number of nitrogens with two attached hydrogens (primary N) is 1. The lowest BCUT2D eigenvalue weighted by molar-refractivity contribution is -0.118. The fraction of sp³-hybridized carbons (Fsp3) is 0.562. The van der Waals surface area contributed by atoms with Crippen molar-refractivity contribution in [2.45, 2.75) is 51.5 Å². The van der Waals surface area contributed by atoms with E-state index in [-0.39, 0.29) is 11.4 Å². The summed E-state index contributed by atoms with van der Waals surface area (Å²) in [4.78, 5) is 13.4. The number of hydrogen-bond acceptors (Lipinski definition) is 2. The number of aryl methyl sites for hydroxylation is 2. The summed E-state index contributed by atoms with van der Waals surface area (Å²) >= 11 is 0. The number of anilines is 1. The van der Waals surface area contributed by atoms with Gasteiger partial charge >= 0.3 is 0 Å². The molecule has 3 heteroatoms. The van der Waals surface area contributed by atoms with Crippen molar-refractivity contribution in [2.75, 3.05) is 11.9 Å². The minimum Gasteiger partial charge on any atom is -0.326 e. The lowest BCUT2D eigenvalue weighted by Crippen LogP contribution is -2.31. The maximum absolute atomic E-state index is 11.6. The number of fused-ring (bicyclic) bond motifs is 1. The molecular formula is C16H24N2O. The van der Waals surface area contributed by atoms with Crippen molar-refractivity contribution in [3.63, 3.8) is 0 Å². The van der Waals surface area contributed by atoms with E-state index in [9.17, 15) is 4.79 Å². The molecule has 2 rings (SSSR count). The zero-order valence-corrected chi connectivity index (χ0v) is 12.2. The highest BCUT2D eigenvalue weighted by Gasteiger charge is 2.20. The molecule has 0 radical (unpaired) electrons. The zero-order chi connectivity index (χ0) is 14.0. The van der Waals surface area contributed by atoms with Gasteiger partial charge in [0.25, 0.3) is 0 Å². The van der Waals surface area contributed by atoms with Gasteiger partial charge in [-0.15, -0.1) is 0 Å². The Morgan fingerprint density at radius 2 is 2.05 bits per heavy atom. The van der Waals surface area contributed by atoms with E-state index >= 15 is 0 Å². The fourth-order valence-corrected chi connectivity index (χ4v) is 2.61. The van der Waals surface area contributed by atoms with Crippen molar-refractivity contribution in [3.8, 4) is 0 Å². The van der Waals surface area contributed by atoms with Crippen LogP contribution in [0.15, 0.2) is 18.2 Å². The molecule has 0 aliphatic carbocycles. The van der Waals surface area contributed by atoms with Gasteiger partial charge in [0.15, 0.2) is 0 Å². The maximum Gasteiger partial charge on any atom is 0.227 e. The van der Waals surface area contributed by atoms with E-state index in [1.54, 1.807) is 4.90 Å². The summed E-state index contributed by atoms with van der Waals surface area (Å²) in [5.41, 5.74) is 9.64. The van der Waals surface area contributed by atoms with E-state index in [1.165, 1.54) is 11.1 Å². The Kier molecular flexibility index (Phi) is 3.95. The standard InChI is InChI=1S/C16H24N2O/c1-16(2,17)10-4-5-12-6-8-14-13(11-12)7-9-15(19)18(14)3/h6,8,11H,4-5,7,9-10,17H2,1-3H3. The molecule has 1 amide bonds. The van der Waals surface area contributed by atoms with Gasteiger partial charge in [0, 0.05) is 24.7 Å². The number of nitrogens with zero attached hydrogens (tertiary/aromatic N) is 1. The number of rotatable bonds is 4. The molecule has 0 atom stereocenters. The molecular weight excluding hydrogens is 236 g/mol. The minimum atomic E-state index is -0.0825. The first-order chi connectivity index (χ1) is 8.87. The average molecular weight is 260 g/mol. The normalized spacial score (nSPS) is 15.6. The molecule has 0 unspecified atom stereocenters. The predicted octanol–water partition coefficient (Wildman–Crippen LogP) is 2.66. The molecule has 0 fully saturated rings. The summed E-state index contributed by atoms with van der Waals surface area (Å²) in [6.07, 6.45) is 4.70. The third kappa shape index (κ3) is 3.57. The first-order valence-corrected chi connectivity index (χ1v) is 7.04. The molecule has 1 aliphatic heterocycles. The van der Waals surface area contributed by atoms with Crippen LogP contribution in [-0.4, -0.2) is 18.5 Å². The van der Waals surface area contributed by atoms with Crippen LogP contribution in [0, 0.1) is 0 Å². The molecule has 0 bridgehead atoms. The van der Waals surface area contributed by atoms with Crippen LogP contribution >= 0.6 is 0 Å². The number of amides is 1. The highest BCUT2D eigenvalue weighted by atomic mass is 16.2. The minimum absolute atomic E-state index is 0.0825. The van der Waals surface area contributed by atoms with Crippen molar-refractivity contribution in [2.24, 2.45) is 5.73 Å². The average Bonchev–Trinajstić information content (AvgIpc) is 2.32. The van der Waals surface area contributed by atoms with Crippen molar-refractivity contribution >= 4 is 11.6 Å². The van der Waals surface area contributed by atoms with E-state index < -0.39 is 0 Å². The van der Waals surface area contributed by atoms with Crippen LogP contribution in [0.3, 0.4) is 0 Å². The van der Waals surface area contributed by atoms with Gasteiger partial charge in [0.1, 0.15) is 0 Å². The lowest BCUT2D eigenvalue weighted by Gasteiger charge is -2.26. The summed E-state index contributed by atoms with van der Waals surface area (Å²) < 4.78 is 0. The molecule has 1 heterocycles. The molecule has 0 spiro atoms. The van der Waals surface area contributed by atoms with E-state index in [4.69, 9.17) is 5.73 Å². The SMILES string of the molecule is CN1C(=O)CCc2cc(CCCC(C)(C)N)ccc21. The Labute approximate surface area is 115 Å². The first kappa shape index (κ1) is 14.1. The predicted molar refractivity (Wildman–Crippen MR) is 79.4 cm³/mol. The maximum atomic E-state index is 11.6. The summed E-state index contributed by atoms with van der Waals surface area (Å²) in [6.45, 7) is 4.14. The molecule has 1 aliphatic rings. The van der Waals surface area contributed by atoms with Crippen LogP contribution in [0.25, 0.3) is 0 Å². The third-order valence-electron chi connectivity index (χ3n) is 3.77. The summed E-state index contributed by atoms with van der Waals surface area (Å²) in [7, 11) is 1.86. The van der Waals surface area contributed by atoms with Gasteiger partial charge in [-0.25, -0.2) is 0 Å². The molecule has 1 aromatic rings. The highest BCUT2D eigenvalue weighted by Crippen LogP contribution is 2.28. The Balaban J connectivity index is 2.03. The number of carbonyl (C=O) groups excluding carboxylic acids is 1. The molecule has 3 nitrogen and oxygen atoms in total. The summed E-state index contributed by atoms with van der Waals surface area (Å²) in [5, 5.41) is 0. The van der Waals surface area contributed by atoms with Crippen LogP contribution in [0.5, 0.6) is 0 Å². The number of hydrogen-bond donors (Lipinski definition) is 1. The quantitative estimate of drug-likeness (QED) is 0.904. The Morgan fingerprint density at radius 1 is 1.32 bits per heavy atom. The monoisotopic (exact) mass is 260 g/mol. The fourth-order valence-electron chi connectivity index (χ4n) is 2.61. The topological polar surface area (TPSA) is 46.3 Å². The summed E-state index contributed by atoms with van der Waals surface area (Å²) in [6, 6.07) is 6.47. The van der Waals surface area contributed by atoms with Gasteiger partial charge in [-0.1, -0.05) is 12.1 Å². The van der Waals surface area contributed by atoms with Crippen LogP contribution in [0.1, 0.15) is 44.2 Å².